The second-order valence-electron chi connectivity index (χ2n) is 3.94. The van der Waals surface area contributed by atoms with Crippen LogP contribution in [-0.2, 0) is 0 Å². The van der Waals surface area contributed by atoms with Gasteiger partial charge in [0.05, 0.1) is 12.3 Å². The molecule has 17 heavy (non-hydrogen) atoms. The summed E-state index contributed by atoms with van der Waals surface area (Å²) in [5.41, 5.74) is 1.64. The molecule has 1 atom stereocenters. The molecule has 1 aromatic heterocycles. The molecule has 0 radical (unpaired) electrons. The van der Waals surface area contributed by atoms with Gasteiger partial charge in [-0.1, -0.05) is 25.1 Å². The van der Waals surface area contributed by atoms with Crippen LogP contribution in [0.25, 0.3) is 0 Å². The third kappa shape index (κ3) is 2.39. The third-order valence-corrected chi connectivity index (χ3v) is 2.83. The number of benzene rings is 1. The van der Waals surface area contributed by atoms with Crippen molar-refractivity contribution in [3.63, 3.8) is 0 Å². The molecule has 2 rings (SSSR count). The maximum absolute atomic E-state index is 13.8. The number of furan rings is 1. The number of nitrogens with one attached hydrogen (secondary N) is 1. The van der Waals surface area contributed by atoms with Crippen molar-refractivity contribution in [2.75, 3.05) is 6.54 Å². The molecule has 2 nitrogen and oxygen atoms in total. The molecule has 0 spiro atoms. The van der Waals surface area contributed by atoms with Crippen LogP contribution in [0.3, 0.4) is 0 Å². The highest BCUT2D eigenvalue weighted by molar-refractivity contribution is 5.33. The number of aryl methyl sites for hydroxylation is 1. The van der Waals surface area contributed by atoms with Gasteiger partial charge >= 0.3 is 0 Å². The number of hydrogen-bond acceptors (Lipinski definition) is 2. The molecular formula is C14H16FNO. The zero-order chi connectivity index (χ0) is 12.3. The van der Waals surface area contributed by atoms with E-state index in [0.717, 1.165) is 17.9 Å². The van der Waals surface area contributed by atoms with E-state index in [1.165, 1.54) is 6.07 Å². The SMILES string of the molecule is CCNC(c1ccccc1F)c1ccoc1C. The van der Waals surface area contributed by atoms with E-state index in [1.54, 1.807) is 18.4 Å². The van der Waals surface area contributed by atoms with Crippen molar-refractivity contribution < 1.29 is 8.81 Å². The van der Waals surface area contributed by atoms with Crippen molar-refractivity contribution in [2.24, 2.45) is 0 Å². The minimum Gasteiger partial charge on any atom is -0.469 e. The number of hydrogen-bond donors (Lipinski definition) is 1. The van der Waals surface area contributed by atoms with Crippen molar-refractivity contribution >= 4 is 0 Å². The van der Waals surface area contributed by atoms with Gasteiger partial charge in [0.1, 0.15) is 11.6 Å². The van der Waals surface area contributed by atoms with E-state index < -0.39 is 0 Å². The van der Waals surface area contributed by atoms with Gasteiger partial charge in [0.2, 0.25) is 0 Å². The highest BCUT2D eigenvalue weighted by atomic mass is 19.1. The highest BCUT2D eigenvalue weighted by Gasteiger charge is 2.19. The van der Waals surface area contributed by atoms with Crippen molar-refractivity contribution in [1.29, 1.82) is 0 Å². The van der Waals surface area contributed by atoms with Gasteiger partial charge in [-0.2, -0.15) is 0 Å². The van der Waals surface area contributed by atoms with Crippen molar-refractivity contribution in [1.82, 2.24) is 5.32 Å². The Morgan fingerprint density at radius 3 is 2.59 bits per heavy atom. The van der Waals surface area contributed by atoms with Crippen molar-refractivity contribution in [3.8, 4) is 0 Å². The van der Waals surface area contributed by atoms with E-state index in [2.05, 4.69) is 5.32 Å². The Kier molecular flexibility index (Phi) is 3.59. The minimum absolute atomic E-state index is 0.153. The van der Waals surface area contributed by atoms with Crippen LogP contribution >= 0.6 is 0 Å². The van der Waals surface area contributed by atoms with Crippen LogP contribution in [0, 0.1) is 12.7 Å². The van der Waals surface area contributed by atoms with E-state index >= 15 is 0 Å². The Morgan fingerprint density at radius 2 is 2.00 bits per heavy atom. The smallest absolute Gasteiger partial charge is 0.128 e. The van der Waals surface area contributed by atoms with Crippen molar-refractivity contribution in [2.45, 2.75) is 19.9 Å². The molecular weight excluding hydrogens is 217 g/mol. The predicted molar refractivity (Wildman–Crippen MR) is 65.4 cm³/mol. The van der Waals surface area contributed by atoms with Gasteiger partial charge in [-0.25, -0.2) is 4.39 Å². The molecule has 0 bridgehead atoms. The predicted octanol–water partition coefficient (Wildman–Crippen LogP) is 3.43. The van der Waals surface area contributed by atoms with Gasteiger partial charge in [0.15, 0.2) is 0 Å². The second-order valence-corrected chi connectivity index (χ2v) is 3.94. The zero-order valence-corrected chi connectivity index (χ0v) is 10.0. The molecule has 0 fully saturated rings. The summed E-state index contributed by atoms with van der Waals surface area (Å²) in [5, 5.41) is 3.28. The largest absolute Gasteiger partial charge is 0.469 e. The van der Waals surface area contributed by atoms with E-state index in [-0.39, 0.29) is 11.9 Å². The van der Waals surface area contributed by atoms with Gasteiger partial charge in [-0.3, -0.25) is 0 Å². The first kappa shape index (κ1) is 11.9. The van der Waals surface area contributed by atoms with Crippen LogP contribution in [-0.4, -0.2) is 6.54 Å². The first-order valence-electron chi connectivity index (χ1n) is 5.75. The summed E-state index contributed by atoms with van der Waals surface area (Å²) < 4.78 is 19.1. The minimum atomic E-state index is -0.195. The Hall–Kier alpha value is -1.61. The lowest BCUT2D eigenvalue weighted by Gasteiger charge is -2.18. The van der Waals surface area contributed by atoms with Crippen molar-refractivity contribution in [3.05, 3.63) is 59.3 Å². The van der Waals surface area contributed by atoms with E-state index in [4.69, 9.17) is 4.42 Å². The van der Waals surface area contributed by atoms with Crippen LogP contribution in [0.15, 0.2) is 41.0 Å². The van der Waals surface area contributed by atoms with Gasteiger partial charge in [-0.05, 0) is 25.6 Å². The van der Waals surface area contributed by atoms with Crippen LogP contribution in [0.1, 0.15) is 29.9 Å². The summed E-state index contributed by atoms with van der Waals surface area (Å²) >= 11 is 0. The lowest BCUT2D eigenvalue weighted by Crippen LogP contribution is -2.23. The Balaban J connectivity index is 2.43. The standard InChI is InChI=1S/C14H16FNO/c1-3-16-14(11-8-9-17-10(11)2)12-6-4-5-7-13(12)15/h4-9,14,16H,3H2,1-2H3. The van der Waals surface area contributed by atoms with Crippen LogP contribution < -0.4 is 5.32 Å². The average Bonchev–Trinajstić information content (AvgIpc) is 2.74. The molecule has 1 unspecified atom stereocenters. The van der Waals surface area contributed by atoms with E-state index in [9.17, 15) is 4.39 Å². The van der Waals surface area contributed by atoms with Crippen LogP contribution in [0.2, 0.25) is 0 Å². The Bertz CT molecular complexity index is 492. The Morgan fingerprint density at radius 1 is 1.24 bits per heavy atom. The van der Waals surface area contributed by atoms with Gasteiger partial charge in [0.25, 0.3) is 0 Å². The normalized spacial score (nSPS) is 12.6. The molecule has 0 saturated heterocycles. The highest BCUT2D eigenvalue weighted by Crippen LogP contribution is 2.27. The average molecular weight is 233 g/mol. The summed E-state index contributed by atoms with van der Waals surface area (Å²) in [4.78, 5) is 0. The summed E-state index contributed by atoms with van der Waals surface area (Å²) in [5.74, 6) is 0.623. The number of rotatable bonds is 4. The number of halogens is 1. The maximum Gasteiger partial charge on any atom is 0.128 e. The Labute approximate surface area is 100 Å². The monoisotopic (exact) mass is 233 g/mol. The molecule has 0 amide bonds. The molecule has 1 N–H and O–H groups in total. The summed E-state index contributed by atoms with van der Waals surface area (Å²) in [6.07, 6.45) is 1.63. The molecule has 3 heteroatoms. The molecule has 0 aliphatic carbocycles. The molecule has 90 valence electrons. The molecule has 0 aliphatic heterocycles. The lowest BCUT2D eigenvalue weighted by atomic mass is 9.99. The zero-order valence-electron chi connectivity index (χ0n) is 10.0. The first-order chi connectivity index (χ1) is 8.24. The van der Waals surface area contributed by atoms with Gasteiger partial charge < -0.3 is 9.73 Å². The lowest BCUT2D eigenvalue weighted by molar-refractivity contribution is 0.513. The summed E-state index contributed by atoms with van der Waals surface area (Å²) in [6.45, 7) is 4.66. The molecule has 0 saturated carbocycles. The second kappa shape index (κ2) is 5.15. The van der Waals surface area contributed by atoms with Gasteiger partial charge in [-0.15, -0.1) is 0 Å². The maximum atomic E-state index is 13.8. The van der Waals surface area contributed by atoms with Gasteiger partial charge in [0, 0.05) is 11.1 Å². The summed E-state index contributed by atoms with van der Waals surface area (Å²) in [6, 6.07) is 8.56. The fraction of sp³-hybridized carbons (Fsp3) is 0.286. The fourth-order valence-corrected chi connectivity index (χ4v) is 2.00. The van der Waals surface area contributed by atoms with Crippen LogP contribution in [0.5, 0.6) is 0 Å². The first-order valence-corrected chi connectivity index (χ1v) is 5.75. The molecule has 0 aliphatic rings. The third-order valence-electron chi connectivity index (χ3n) is 2.83. The topological polar surface area (TPSA) is 25.2 Å². The van der Waals surface area contributed by atoms with Crippen LogP contribution in [0.4, 0.5) is 4.39 Å². The molecule has 2 aromatic rings. The van der Waals surface area contributed by atoms with E-state index in [0.29, 0.717) is 5.56 Å². The fourth-order valence-electron chi connectivity index (χ4n) is 2.00. The molecule has 1 heterocycles. The molecule has 1 aromatic carbocycles. The van der Waals surface area contributed by atoms with E-state index in [1.807, 2.05) is 26.0 Å². The quantitative estimate of drug-likeness (QED) is 0.875. The summed E-state index contributed by atoms with van der Waals surface area (Å²) in [7, 11) is 0.